The van der Waals surface area contributed by atoms with Gasteiger partial charge in [-0.2, -0.15) is 0 Å². The molecule has 2 aliphatic heterocycles. The molecular formula is C15H12N3NaO7S. The number of nitrogens with zero attached hydrogens (tertiary/aromatic N) is 2. The Morgan fingerprint density at radius 2 is 2.11 bits per heavy atom. The molecule has 0 radical (unpaired) electrons. The summed E-state index contributed by atoms with van der Waals surface area (Å²) in [5.74, 6) is -3.27. The molecule has 10 nitrogen and oxygen atoms in total. The summed E-state index contributed by atoms with van der Waals surface area (Å²) in [4.78, 5) is 39.2. The van der Waals surface area contributed by atoms with Crippen LogP contribution in [0.5, 0.6) is 0 Å². The van der Waals surface area contributed by atoms with E-state index in [0.717, 1.165) is 0 Å². The van der Waals surface area contributed by atoms with Gasteiger partial charge in [0.1, 0.15) is 6.61 Å². The van der Waals surface area contributed by atoms with Crippen LogP contribution in [-0.4, -0.2) is 54.0 Å². The molecule has 2 aliphatic rings. The van der Waals surface area contributed by atoms with E-state index in [0.29, 0.717) is 10.6 Å². The van der Waals surface area contributed by atoms with Crippen molar-refractivity contribution in [3.8, 4) is 0 Å². The maximum Gasteiger partial charge on any atom is 1.00 e. The summed E-state index contributed by atoms with van der Waals surface area (Å²) in [5, 5.41) is 10.0. The second kappa shape index (κ2) is 7.80. The molecule has 3 heterocycles. The van der Waals surface area contributed by atoms with Crippen molar-refractivity contribution >= 4 is 33.9 Å². The Hall–Kier alpha value is -2.21. The van der Waals surface area contributed by atoms with Gasteiger partial charge >= 0.3 is 35.7 Å². The number of ether oxygens (including phenoxy) is 1. The average molecular weight is 401 g/mol. The molecule has 0 aliphatic carbocycles. The van der Waals surface area contributed by atoms with Crippen LogP contribution in [0.2, 0.25) is 0 Å². The molecule has 1 saturated heterocycles. The number of hydrogen-bond donors (Lipinski definition) is 1. The number of β-lactam (4-membered cyclic amide) rings is 1. The normalized spacial score (nSPS) is 21.8. The number of carbonyl (C=O) groups is 3. The van der Waals surface area contributed by atoms with Crippen molar-refractivity contribution in [3.63, 3.8) is 0 Å². The summed E-state index contributed by atoms with van der Waals surface area (Å²) >= 11 is 0. The topological polar surface area (TPSA) is 160 Å². The number of fused-ring (bicyclic) bond motifs is 1. The first-order chi connectivity index (χ1) is 12.2. The third-order valence-corrected chi connectivity index (χ3v) is 5.73. The number of carboxylic acid groups (broad SMARTS) is 1. The zero-order valence-corrected chi connectivity index (χ0v) is 16.9. The minimum absolute atomic E-state index is 0. The number of primary amides is 1. The van der Waals surface area contributed by atoms with Crippen LogP contribution in [0.4, 0.5) is 4.79 Å². The molecule has 2 amide bonds. The van der Waals surface area contributed by atoms with Gasteiger partial charge in [-0.3, -0.25) is 14.7 Å². The second-order valence-electron chi connectivity index (χ2n) is 5.54. The van der Waals surface area contributed by atoms with Gasteiger partial charge in [0, 0.05) is 11.8 Å². The molecule has 1 atom stereocenters. The monoisotopic (exact) mass is 401 g/mol. The van der Waals surface area contributed by atoms with E-state index in [-0.39, 0.29) is 40.7 Å². The molecule has 0 saturated carbocycles. The van der Waals surface area contributed by atoms with Crippen LogP contribution in [0.1, 0.15) is 5.69 Å². The number of hydrogen-bond acceptors (Lipinski definition) is 8. The fourth-order valence-corrected chi connectivity index (χ4v) is 4.76. The first-order valence-corrected chi connectivity index (χ1v) is 8.97. The van der Waals surface area contributed by atoms with E-state index in [1.165, 1.54) is 12.3 Å². The molecule has 3 rings (SSSR count). The predicted octanol–water partition coefficient (Wildman–Crippen LogP) is -4.83. The molecule has 136 valence electrons. The van der Waals surface area contributed by atoms with E-state index in [1.54, 1.807) is 18.2 Å². The minimum Gasteiger partial charge on any atom is -0.543 e. The Labute approximate surface area is 175 Å². The minimum atomic E-state index is -3.96. The van der Waals surface area contributed by atoms with Crippen LogP contribution >= 0.6 is 0 Å². The number of carbonyl (C=O) groups excluding carboxylic acids is 3. The fourth-order valence-electron chi connectivity index (χ4n) is 2.82. The van der Waals surface area contributed by atoms with Gasteiger partial charge in [0.15, 0.2) is 15.2 Å². The van der Waals surface area contributed by atoms with Crippen molar-refractivity contribution in [1.82, 2.24) is 9.88 Å². The van der Waals surface area contributed by atoms with Crippen LogP contribution in [0.3, 0.4) is 0 Å². The maximum atomic E-state index is 12.5. The standard InChI is InChI=1S/C15H13N3O7S.Na/c16-15(22)25-6-8-7-26(23,24)13-10(5-9-3-1-2-4-17-9)12(19)18(13)11(8)14(20)21;/h1-5,13H,6-7H2,(H2,16,22)(H,20,21);/q;+1/p-1/b10-5-;/t13-;/m1./s1. The van der Waals surface area contributed by atoms with Gasteiger partial charge in [-0.25, -0.2) is 13.2 Å². The molecule has 2 N–H and O–H groups in total. The van der Waals surface area contributed by atoms with Gasteiger partial charge in [-0.15, -0.1) is 0 Å². The molecule has 1 aromatic rings. The average Bonchev–Trinajstić information content (AvgIpc) is 2.57. The van der Waals surface area contributed by atoms with Gasteiger partial charge in [0.25, 0.3) is 5.91 Å². The Morgan fingerprint density at radius 1 is 1.41 bits per heavy atom. The first-order valence-electron chi connectivity index (χ1n) is 7.25. The number of pyridine rings is 1. The molecule has 12 heteroatoms. The van der Waals surface area contributed by atoms with Gasteiger partial charge in [0.2, 0.25) is 0 Å². The molecule has 27 heavy (non-hydrogen) atoms. The van der Waals surface area contributed by atoms with Crippen LogP contribution in [0, 0.1) is 0 Å². The third-order valence-electron chi connectivity index (χ3n) is 3.83. The van der Waals surface area contributed by atoms with Crippen molar-refractivity contribution in [2.75, 3.05) is 12.4 Å². The van der Waals surface area contributed by atoms with Gasteiger partial charge in [0.05, 0.1) is 28.7 Å². The number of aliphatic carboxylic acids is 1. The number of carboxylic acids is 1. The predicted molar refractivity (Wildman–Crippen MR) is 84.2 cm³/mol. The number of aromatic nitrogens is 1. The summed E-state index contributed by atoms with van der Waals surface area (Å²) < 4.78 is 29.6. The molecule has 0 spiro atoms. The summed E-state index contributed by atoms with van der Waals surface area (Å²) in [6.07, 6.45) is 1.55. The molecule has 0 aromatic carbocycles. The van der Waals surface area contributed by atoms with E-state index in [1.807, 2.05) is 0 Å². The molecule has 1 fully saturated rings. The van der Waals surface area contributed by atoms with Crippen molar-refractivity contribution in [2.24, 2.45) is 5.73 Å². The van der Waals surface area contributed by atoms with E-state index >= 15 is 0 Å². The van der Waals surface area contributed by atoms with Crippen molar-refractivity contribution in [3.05, 3.63) is 46.9 Å². The quantitative estimate of drug-likeness (QED) is 0.299. The van der Waals surface area contributed by atoms with Crippen LogP contribution in [0.15, 0.2) is 41.2 Å². The van der Waals surface area contributed by atoms with Crippen LogP contribution in [0.25, 0.3) is 6.08 Å². The number of amides is 2. The Kier molecular flexibility index (Phi) is 6.10. The van der Waals surface area contributed by atoms with Crippen molar-refractivity contribution in [2.45, 2.75) is 5.37 Å². The summed E-state index contributed by atoms with van der Waals surface area (Å²) in [7, 11) is -3.96. The maximum absolute atomic E-state index is 12.5. The van der Waals surface area contributed by atoms with E-state index < -0.39 is 51.2 Å². The molecule has 1 aromatic heterocycles. The van der Waals surface area contributed by atoms with Gasteiger partial charge in [-0.1, -0.05) is 6.07 Å². The van der Waals surface area contributed by atoms with Crippen LogP contribution in [-0.2, 0) is 24.2 Å². The summed E-state index contributed by atoms with van der Waals surface area (Å²) in [6, 6.07) is 4.87. The second-order valence-corrected chi connectivity index (χ2v) is 7.60. The largest absolute Gasteiger partial charge is 1.00 e. The summed E-state index contributed by atoms with van der Waals surface area (Å²) in [5.41, 5.74) is 4.15. The van der Waals surface area contributed by atoms with Crippen molar-refractivity contribution < 1.29 is 62.2 Å². The van der Waals surface area contributed by atoms with E-state index in [9.17, 15) is 27.9 Å². The zero-order valence-electron chi connectivity index (χ0n) is 14.1. The SMILES string of the molecule is NC(=O)OCC1=C(C(=O)[O-])N2C(=O)/C(=C/c3ccccn3)[C@H]2S(=O)(=O)C1.[Na+]. The Morgan fingerprint density at radius 3 is 2.67 bits per heavy atom. The smallest absolute Gasteiger partial charge is 0.543 e. The number of rotatable bonds is 4. The number of sulfone groups is 1. The van der Waals surface area contributed by atoms with Crippen molar-refractivity contribution in [1.29, 1.82) is 0 Å². The molecule has 0 bridgehead atoms. The molecule has 0 unspecified atom stereocenters. The van der Waals surface area contributed by atoms with E-state index in [4.69, 9.17) is 5.73 Å². The zero-order chi connectivity index (χ0) is 19.1. The fraction of sp³-hybridized carbons (Fsp3) is 0.200. The Bertz CT molecular complexity index is 972. The van der Waals surface area contributed by atoms with Gasteiger partial charge in [-0.05, 0) is 18.2 Å². The van der Waals surface area contributed by atoms with Gasteiger partial charge < -0.3 is 20.4 Å². The first kappa shape index (κ1) is 21.1. The number of nitrogens with two attached hydrogens (primary N) is 1. The Balaban J connectivity index is 0.00000261. The molecular weight excluding hydrogens is 389 g/mol. The van der Waals surface area contributed by atoms with Crippen LogP contribution < -0.4 is 40.4 Å². The third kappa shape index (κ3) is 3.90. The summed E-state index contributed by atoms with van der Waals surface area (Å²) in [6.45, 7) is -0.673. The van der Waals surface area contributed by atoms with E-state index in [2.05, 4.69) is 9.72 Å².